The highest BCUT2D eigenvalue weighted by atomic mass is 35.5. The van der Waals surface area contributed by atoms with Gasteiger partial charge in [-0.2, -0.15) is 0 Å². The molecule has 1 aliphatic rings. The van der Waals surface area contributed by atoms with Gasteiger partial charge in [-0.05, 0) is 37.6 Å². The van der Waals surface area contributed by atoms with Gasteiger partial charge in [0.2, 0.25) is 0 Å². The zero-order valence-electron chi connectivity index (χ0n) is 11.0. The number of benzene rings is 1. The smallest absolute Gasteiger partial charge is 0.183 e. The zero-order chi connectivity index (χ0) is 13.2. The Morgan fingerprint density at radius 1 is 1.53 bits per heavy atom. The highest BCUT2D eigenvalue weighted by molar-refractivity contribution is 7.22. The number of rotatable bonds is 4. The van der Waals surface area contributed by atoms with Gasteiger partial charge in [0, 0.05) is 13.1 Å². The Bertz CT molecular complexity index is 569. The topological polar surface area (TPSA) is 28.2 Å². The number of nitrogens with one attached hydrogen (secondary N) is 1. The lowest BCUT2D eigenvalue weighted by Crippen LogP contribution is -2.22. The van der Waals surface area contributed by atoms with E-state index in [0.29, 0.717) is 0 Å². The lowest BCUT2D eigenvalue weighted by Gasteiger charge is -2.13. The summed E-state index contributed by atoms with van der Waals surface area (Å²) in [5.41, 5.74) is 0.988. The van der Waals surface area contributed by atoms with Gasteiger partial charge in [-0.15, -0.1) is 0 Å². The quantitative estimate of drug-likeness (QED) is 0.932. The van der Waals surface area contributed by atoms with Crippen LogP contribution in [0.5, 0.6) is 0 Å². The Morgan fingerprint density at radius 2 is 2.42 bits per heavy atom. The highest BCUT2D eigenvalue weighted by Crippen LogP contribution is 2.32. The molecule has 5 heteroatoms. The van der Waals surface area contributed by atoms with Crippen LogP contribution in [0.15, 0.2) is 18.2 Å². The van der Waals surface area contributed by atoms with E-state index in [0.717, 1.165) is 39.4 Å². The van der Waals surface area contributed by atoms with Crippen LogP contribution in [0, 0.1) is 5.92 Å². The SMILES string of the molecule is CCN1CCC(CNc2nc3cccc(Cl)c3s2)C1. The van der Waals surface area contributed by atoms with Gasteiger partial charge in [0.1, 0.15) is 0 Å². The minimum atomic E-state index is 0.738. The number of fused-ring (bicyclic) bond motifs is 1. The van der Waals surface area contributed by atoms with Crippen molar-refractivity contribution < 1.29 is 0 Å². The van der Waals surface area contributed by atoms with Gasteiger partial charge in [0.15, 0.2) is 5.13 Å². The van der Waals surface area contributed by atoms with Crippen molar-refractivity contribution in [1.82, 2.24) is 9.88 Å². The van der Waals surface area contributed by atoms with Gasteiger partial charge in [-0.25, -0.2) is 4.98 Å². The summed E-state index contributed by atoms with van der Waals surface area (Å²) in [7, 11) is 0. The summed E-state index contributed by atoms with van der Waals surface area (Å²) in [4.78, 5) is 7.08. The molecular formula is C14H18ClN3S. The predicted octanol–water partition coefficient (Wildman–Crippen LogP) is 3.70. The minimum Gasteiger partial charge on any atom is -0.361 e. The molecule has 0 saturated carbocycles. The number of nitrogens with zero attached hydrogens (tertiary/aromatic N) is 2. The first-order chi connectivity index (χ1) is 9.26. The van der Waals surface area contributed by atoms with E-state index in [4.69, 9.17) is 11.6 Å². The second-order valence-electron chi connectivity index (χ2n) is 5.04. The maximum atomic E-state index is 6.17. The van der Waals surface area contributed by atoms with E-state index in [1.54, 1.807) is 11.3 Å². The third kappa shape index (κ3) is 2.86. The average Bonchev–Trinajstić information content (AvgIpc) is 3.03. The molecule has 1 N–H and O–H groups in total. The fraction of sp³-hybridized carbons (Fsp3) is 0.500. The Labute approximate surface area is 122 Å². The van der Waals surface area contributed by atoms with E-state index >= 15 is 0 Å². The monoisotopic (exact) mass is 295 g/mol. The Balaban J connectivity index is 1.64. The van der Waals surface area contributed by atoms with E-state index < -0.39 is 0 Å². The molecule has 0 spiro atoms. The summed E-state index contributed by atoms with van der Waals surface area (Å²) < 4.78 is 1.08. The van der Waals surface area contributed by atoms with Crippen LogP contribution < -0.4 is 5.32 Å². The number of thiazole rings is 1. The van der Waals surface area contributed by atoms with E-state index in [1.165, 1.54) is 19.5 Å². The van der Waals surface area contributed by atoms with Crippen molar-refractivity contribution in [3.05, 3.63) is 23.2 Å². The van der Waals surface area contributed by atoms with E-state index in [-0.39, 0.29) is 0 Å². The number of hydrogen-bond donors (Lipinski definition) is 1. The summed E-state index contributed by atoms with van der Waals surface area (Å²) in [6.45, 7) is 6.83. The van der Waals surface area contributed by atoms with Gasteiger partial charge in [0.25, 0.3) is 0 Å². The van der Waals surface area contributed by atoms with Gasteiger partial charge in [0.05, 0.1) is 15.2 Å². The summed E-state index contributed by atoms with van der Waals surface area (Å²) in [6, 6.07) is 5.88. The molecule has 1 aromatic carbocycles. The van der Waals surface area contributed by atoms with Gasteiger partial charge >= 0.3 is 0 Å². The molecule has 1 unspecified atom stereocenters. The van der Waals surface area contributed by atoms with Gasteiger partial charge in [-0.1, -0.05) is 35.9 Å². The number of likely N-dealkylation sites (tertiary alicyclic amines) is 1. The standard InChI is InChI=1S/C14H18ClN3S/c1-2-18-7-6-10(9-18)8-16-14-17-12-5-3-4-11(15)13(12)19-14/h3-5,10H,2,6-9H2,1H3,(H,16,17). The molecule has 0 aliphatic carbocycles. The number of hydrogen-bond acceptors (Lipinski definition) is 4. The van der Waals surface area contributed by atoms with Crippen LogP contribution in [0.4, 0.5) is 5.13 Å². The molecule has 0 amide bonds. The summed E-state index contributed by atoms with van der Waals surface area (Å²) >= 11 is 7.82. The van der Waals surface area contributed by atoms with Crippen molar-refractivity contribution in [2.24, 2.45) is 5.92 Å². The van der Waals surface area contributed by atoms with Crippen LogP contribution >= 0.6 is 22.9 Å². The van der Waals surface area contributed by atoms with Crippen molar-refractivity contribution >= 4 is 38.3 Å². The first-order valence-corrected chi connectivity index (χ1v) is 7.97. The van der Waals surface area contributed by atoms with Gasteiger partial charge < -0.3 is 10.2 Å². The van der Waals surface area contributed by atoms with Crippen LogP contribution in [0.25, 0.3) is 10.2 Å². The van der Waals surface area contributed by atoms with Crippen molar-refractivity contribution in [3.63, 3.8) is 0 Å². The number of halogens is 1. The van der Waals surface area contributed by atoms with E-state index in [1.807, 2.05) is 18.2 Å². The summed E-state index contributed by atoms with van der Waals surface area (Å²) in [5, 5.41) is 5.25. The Morgan fingerprint density at radius 3 is 3.16 bits per heavy atom. The van der Waals surface area contributed by atoms with Crippen LogP contribution in [-0.2, 0) is 0 Å². The Kier molecular flexibility index (Phi) is 3.91. The normalized spacial score (nSPS) is 20.2. The first kappa shape index (κ1) is 13.2. The lowest BCUT2D eigenvalue weighted by atomic mass is 10.1. The fourth-order valence-electron chi connectivity index (χ4n) is 2.59. The molecule has 0 bridgehead atoms. The maximum absolute atomic E-state index is 6.17. The molecule has 1 aliphatic heterocycles. The van der Waals surface area contributed by atoms with Crippen molar-refractivity contribution in [1.29, 1.82) is 0 Å². The highest BCUT2D eigenvalue weighted by Gasteiger charge is 2.21. The van der Waals surface area contributed by atoms with Crippen LogP contribution in [-0.4, -0.2) is 36.1 Å². The minimum absolute atomic E-state index is 0.738. The molecule has 2 heterocycles. The third-order valence-corrected chi connectivity index (χ3v) is 5.22. The van der Waals surface area contributed by atoms with Gasteiger partial charge in [-0.3, -0.25) is 0 Å². The second kappa shape index (κ2) is 5.65. The molecule has 1 atom stereocenters. The third-order valence-electron chi connectivity index (χ3n) is 3.73. The predicted molar refractivity (Wildman–Crippen MR) is 83.3 cm³/mol. The van der Waals surface area contributed by atoms with Crippen molar-refractivity contribution in [3.8, 4) is 0 Å². The second-order valence-corrected chi connectivity index (χ2v) is 6.44. The molecule has 19 heavy (non-hydrogen) atoms. The van der Waals surface area contributed by atoms with E-state index in [2.05, 4.69) is 22.1 Å². The molecule has 1 fully saturated rings. The van der Waals surface area contributed by atoms with Crippen LogP contribution in [0.1, 0.15) is 13.3 Å². The fourth-order valence-corrected chi connectivity index (χ4v) is 3.75. The number of anilines is 1. The van der Waals surface area contributed by atoms with Crippen LogP contribution in [0.2, 0.25) is 5.02 Å². The van der Waals surface area contributed by atoms with Crippen LogP contribution in [0.3, 0.4) is 0 Å². The van der Waals surface area contributed by atoms with Crippen molar-refractivity contribution in [2.45, 2.75) is 13.3 Å². The lowest BCUT2D eigenvalue weighted by molar-refractivity contribution is 0.345. The molecule has 1 saturated heterocycles. The van der Waals surface area contributed by atoms with Crippen molar-refractivity contribution in [2.75, 3.05) is 31.5 Å². The number of aromatic nitrogens is 1. The zero-order valence-corrected chi connectivity index (χ0v) is 12.6. The summed E-state index contributed by atoms with van der Waals surface area (Å²) in [5.74, 6) is 0.738. The van der Waals surface area contributed by atoms with E-state index in [9.17, 15) is 0 Å². The summed E-state index contributed by atoms with van der Waals surface area (Å²) in [6.07, 6.45) is 1.28. The molecule has 102 valence electrons. The molecule has 3 rings (SSSR count). The largest absolute Gasteiger partial charge is 0.361 e. The molecule has 0 radical (unpaired) electrons. The molecule has 1 aromatic heterocycles. The molecule has 2 aromatic rings. The average molecular weight is 296 g/mol. The Hall–Kier alpha value is -0.840. The molecular weight excluding hydrogens is 278 g/mol. The molecule has 3 nitrogen and oxygen atoms in total. The first-order valence-electron chi connectivity index (χ1n) is 6.77. The maximum Gasteiger partial charge on any atom is 0.183 e.